The van der Waals surface area contributed by atoms with Gasteiger partial charge in [0.2, 0.25) is 5.91 Å². The number of carbonyl (C=O) groups excluding carboxylic acids is 1. The van der Waals surface area contributed by atoms with Crippen molar-refractivity contribution in [2.24, 2.45) is 23.5 Å². The number of anilines is 1. The van der Waals surface area contributed by atoms with Gasteiger partial charge in [0.1, 0.15) is 0 Å². The van der Waals surface area contributed by atoms with Crippen LogP contribution in [0, 0.1) is 24.7 Å². The molecule has 2 N–H and O–H groups in total. The molecule has 2 bridgehead atoms. The van der Waals surface area contributed by atoms with Crippen LogP contribution in [-0.2, 0) is 4.79 Å². The Bertz CT molecular complexity index is 501. The van der Waals surface area contributed by atoms with E-state index in [0.717, 1.165) is 23.7 Å². The van der Waals surface area contributed by atoms with Gasteiger partial charge in [-0.2, -0.15) is 0 Å². The van der Waals surface area contributed by atoms with Crippen molar-refractivity contribution in [1.82, 2.24) is 4.98 Å². The van der Waals surface area contributed by atoms with Gasteiger partial charge in [0, 0.05) is 23.9 Å². The Morgan fingerprint density at radius 2 is 2.10 bits per heavy atom. The molecule has 1 aromatic heterocycles. The van der Waals surface area contributed by atoms with Crippen molar-refractivity contribution in [1.29, 1.82) is 0 Å². The van der Waals surface area contributed by atoms with Gasteiger partial charge in [-0.05, 0) is 51.4 Å². The molecule has 1 amide bonds. The van der Waals surface area contributed by atoms with Crippen LogP contribution >= 0.6 is 11.3 Å². The molecule has 1 aromatic rings. The van der Waals surface area contributed by atoms with E-state index in [2.05, 4.69) is 4.98 Å². The van der Waals surface area contributed by atoms with Crippen LogP contribution in [0.4, 0.5) is 5.13 Å². The molecule has 0 saturated heterocycles. The van der Waals surface area contributed by atoms with Crippen LogP contribution in [0.25, 0.3) is 0 Å². The number of rotatable bonds is 3. The minimum atomic E-state index is 0.143. The first kappa shape index (κ1) is 15.0. The second-order valence-electron chi connectivity index (χ2n) is 6.55. The Morgan fingerprint density at radius 1 is 1.43 bits per heavy atom. The van der Waals surface area contributed by atoms with Crippen LogP contribution < -0.4 is 10.6 Å². The summed E-state index contributed by atoms with van der Waals surface area (Å²) in [5.74, 6) is 1.49. The standard InChI is InChI=1S/C16H25N3OS/c1-3-19(16-18-10(2)9-21-16)15(20)13-7-11-5-4-6-12(8-13)14(11)17/h9,11-14H,3-8,17H2,1-2H3. The summed E-state index contributed by atoms with van der Waals surface area (Å²) in [5.41, 5.74) is 7.32. The van der Waals surface area contributed by atoms with Gasteiger partial charge in [-0.1, -0.05) is 6.42 Å². The van der Waals surface area contributed by atoms with Gasteiger partial charge in [0.15, 0.2) is 5.13 Å². The summed E-state index contributed by atoms with van der Waals surface area (Å²) in [4.78, 5) is 19.3. The Balaban J connectivity index is 1.75. The maximum Gasteiger partial charge on any atom is 0.231 e. The predicted molar refractivity (Wildman–Crippen MR) is 86.4 cm³/mol. The van der Waals surface area contributed by atoms with E-state index in [0.29, 0.717) is 24.4 Å². The number of amides is 1. The first-order valence-electron chi connectivity index (χ1n) is 8.09. The minimum absolute atomic E-state index is 0.143. The number of fused-ring (bicyclic) bond motifs is 2. The third kappa shape index (κ3) is 2.86. The van der Waals surface area contributed by atoms with Crippen molar-refractivity contribution in [2.45, 2.75) is 52.0 Å². The van der Waals surface area contributed by atoms with E-state index in [1.165, 1.54) is 19.3 Å². The maximum atomic E-state index is 12.9. The molecule has 0 aromatic carbocycles. The van der Waals surface area contributed by atoms with Crippen molar-refractivity contribution in [3.8, 4) is 0 Å². The highest BCUT2D eigenvalue weighted by molar-refractivity contribution is 7.14. The quantitative estimate of drug-likeness (QED) is 0.934. The van der Waals surface area contributed by atoms with Crippen molar-refractivity contribution < 1.29 is 4.79 Å². The molecule has 0 aliphatic heterocycles. The minimum Gasteiger partial charge on any atom is -0.327 e. The second kappa shape index (κ2) is 6.05. The zero-order valence-corrected chi connectivity index (χ0v) is 13.7. The molecule has 116 valence electrons. The Morgan fingerprint density at radius 3 is 2.62 bits per heavy atom. The topological polar surface area (TPSA) is 59.2 Å². The molecule has 21 heavy (non-hydrogen) atoms. The number of nitrogens with two attached hydrogens (primary N) is 1. The van der Waals surface area contributed by atoms with E-state index in [9.17, 15) is 4.79 Å². The molecule has 3 rings (SSSR count). The van der Waals surface area contributed by atoms with Crippen LogP contribution in [0.1, 0.15) is 44.7 Å². The zero-order valence-electron chi connectivity index (χ0n) is 12.9. The lowest BCUT2D eigenvalue weighted by Gasteiger charge is -2.44. The molecule has 2 atom stereocenters. The highest BCUT2D eigenvalue weighted by atomic mass is 32.1. The molecule has 2 fully saturated rings. The fourth-order valence-corrected chi connectivity index (χ4v) is 4.93. The van der Waals surface area contributed by atoms with Crippen LogP contribution in [0.3, 0.4) is 0 Å². The van der Waals surface area contributed by atoms with Gasteiger partial charge in [-0.15, -0.1) is 11.3 Å². The Kier molecular flexibility index (Phi) is 4.31. The predicted octanol–water partition coefficient (Wildman–Crippen LogP) is 2.96. The molecule has 2 saturated carbocycles. The molecule has 0 radical (unpaired) electrons. The fraction of sp³-hybridized carbons (Fsp3) is 0.750. The van der Waals surface area contributed by atoms with Crippen molar-refractivity contribution in [3.63, 3.8) is 0 Å². The van der Waals surface area contributed by atoms with Gasteiger partial charge < -0.3 is 5.73 Å². The molecule has 2 aliphatic carbocycles. The number of carbonyl (C=O) groups is 1. The highest BCUT2D eigenvalue weighted by Crippen LogP contribution is 2.42. The van der Waals surface area contributed by atoms with Crippen LogP contribution in [-0.4, -0.2) is 23.5 Å². The number of aryl methyl sites for hydroxylation is 1. The second-order valence-corrected chi connectivity index (χ2v) is 7.39. The lowest BCUT2D eigenvalue weighted by atomic mass is 9.65. The summed E-state index contributed by atoms with van der Waals surface area (Å²) in [6.07, 6.45) is 5.62. The molecular weight excluding hydrogens is 282 g/mol. The smallest absolute Gasteiger partial charge is 0.231 e. The highest BCUT2D eigenvalue weighted by Gasteiger charge is 2.41. The van der Waals surface area contributed by atoms with Crippen LogP contribution in [0.2, 0.25) is 0 Å². The van der Waals surface area contributed by atoms with E-state index >= 15 is 0 Å². The zero-order chi connectivity index (χ0) is 15.0. The van der Waals surface area contributed by atoms with Crippen LogP contribution in [0.15, 0.2) is 5.38 Å². The summed E-state index contributed by atoms with van der Waals surface area (Å²) < 4.78 is 0. The number of hydrogen-bond donors (Lipinski definition) is 1. The van der Waals surface area contributed by atoms with E-state index in [-0.39, 0.29) is 11.8 Å². The first-order chi connectivity index (χ1) is 10.1. The number of hydrogen-bond acceptors (Lipinski definition) is 4. The van der Waals surface area contributed by atoms with Gasteiger partial charge >= 0.3 is 0 Å². The van der Waals surface area contributed by atoms with Gasteiger partial charge in [0.05, 0.1) is 5.69 Å². The lowest BCUT2D eigenvalue weighted by Crippen LogP contribution is -2.49. The molecule has 5 heteroatoms. The maximum absolute atomic E-state index is 12.9. The molecule has 0 spiro atoms. The van der Waals surface area contributed by atoms with E-state index in [1.54, 1.807) is 11.3 Å². The average Bonchev–Trinajstić information content (AvgIpc) is 2.85. The Labute approximate surface area is 130 Å². The summed E-state index contributed by atoms with van der Waals surface area (Å²) >= 11 is 1.57. The van der Waals surface area contributed by atoms with Crippen molar-refractivity contribution in [2.75, 3.05) is 11.4 Å². The Hall–Kier alpha value is -0.940. The van der Waals surface area contributed by atoms with Gasteiger partial charge in [-0.3, -0.25) is 9.69 Å². The molecule has 1 heterocycles. The third-order valence-electron chi connectivity index (χ3n) is 5.18. The normalized spacial score (nSPS) is 32.0. The van der Waals surface area contributed by atoms with Gasteiger partial charge in [0.25, 0.3) is 0 Å². The number of nitrogens with zero attached hydrogens (tertiary/aromatic N) is 2. The van der Waals surface area contributed by atoms with Gasteiger partial charge in [-0.25, -0.2) is 4.98 Å². The van der Waals surface area contributed by atoms with E-state index in [4.69, 9.17) is 5.73 Å². The van der Waals surface area contributed by atoms with Crippen LogP contribution in [0.5, 0.6) is 0 Å². The summed E-state index contributed by atoms with van der Waals surface area (Å²) in [6, 6.07) is 0.319. The fourth-order valence-electron chi connectivity index (χ4n) is 4.06. The van der Waals surface area contributed by atoms with Crippen molar-refractivity contribution in [3.05, 3.63) is 11.1 Å². The third-order valence-corrected chi connectivity index (χ3v) is 6.16. The largest absolute Gasteiger partial charge is 0.327 e. The number of aromatic nitrogens is 1. The lowest BCUT2D eigenvalue weighted by molar-refractivity contribution is -0.125. The van der Waals surface area contributed by atoms with E-state index in [1.807, 2.05) is 24.1 Å². The monoisotopic (exact) mass is 307 g/mol. The van der Waals surface area contributed by atoms with Crippen molar-refractivity contribution >= 4 is 22.4 Å². The average molecular weight is 307 g/mol. The molecule has 4 nitrogen and oxygen atoms in total. The molecular formula is C16H25N3OS. The molecule has 2 aliphatic rings. The first-order valence-corrected chi connectivity index (χ1v) is 8.97. The van der Waals surface area contributed by atoms with E-state index < -0.39 is 0 Å². The molecule has 2 unspecified atom stereocenters. The summed E-state index contributed by atoms with van der Waals surface area (Å²) in [7, 11) is 0. The number of thiazole rings is 1. The SMILES string of the molecule is CCN(C(=O)C1CC2CCCC(C1)C2N)c1nc(C)cs1. The summed E-state index contributed by atoms with van der Waals surface area (Å²) in [5, 5.41) is 2.86. The summed E-state index contributed by atoms with van der Waals surface area (Å²) in [6.45, 7) is 4.70.